The number of ether oxygens (including phenoxy) is 2. The summed E-state index contributed by atoms with van der Waals surface area (Å²) >= 11 is 0. The SMILES string of the molecule is O=C(CC1CC1)N(CCN1CCOCC1)C1CCOCC1. The Labute approximate surface area is 127 Å². The Kier molecular flexibility index (Phi) is 5.49. The van der Waals surface area contributed by atoms with Crippen LogP contribution in [-0.2, 0) is 14.3 Å². The van der Waals surface area contributed by atoms with Gasteiger partial charge in [-0.1, -0.05) is 0 Å². The van der Waals surface area contributed by atoms with E-state index in [0.717, 1.165) is 71.9 Å². The molecule has 1 amide bonds. The molecule has 0 unspecified atom stereocenters. The van der Waals surface area contributed by atoms with Crippen molar-refractivity contribution in [1.29, 1.82) is 0 Å². The van der Waals surface area contributed by atoms with Crippen LogP contribution in [0.4, 0.5) is 0 Å². The molecule has 2 heterocycles. The monoisotopic (exact) mass is 296 g/mol. The summed E-state index contributed by atoms with van der Waals surface area (Å²) in [6, 6.07) is 0.394. The molecule has 1 saturated carbocycles. The number of hydrogen-bond donors (Lipinski definition) is 0. The van der Waals surface area contributed by atoms with Gasteiger partial charge < -0.3 is 14.4 Å². The minimum absolute atomic E-state index is 0.373. The van der Waals surface area contributed by atoms with Gasteiger partial charge in [-0.25, -0.2) is 0 Å². The molecular weight excluding hydrogens is 268 g/mol. The van der Waals surface area contributed by atoms with Gasteiger partial charge in [0, 0.05) is 51.9 Å². The normalized spacial score (nSPS) is 25.0. The molecule has 1 aliphatic carbocycles. The highest BCUT2D eigenvalue weighted by Gasteiger charge is 2.31. The van der Waals surface area contributed by atoms with Crippen LogP contribution in [0.25, 0.3) is 0 Å². The van der Waals surface area contributed by atoms with Crippen molar-refractivity contribution in [2.24, 2.45) is 5.92 Å². The lowest BCUT2D eigenvalue weighted by molar-refractivity contribution is -0.136. The lowest BCUT2D eigenvalue weighted by Crippen LogP contribution is -2.48. The van der Waals surface area contributed by atoms with Crippen molar-refractivity contribution in [3.63, 3.8) is 0 Å². The van der Waals surface area contributed by atoms with Gasteiger partial charge in [0.1, 0.15) is 0 Å². The van der Waals surface area contributed by atoms with E-state index < -0.39 is 0 Å². The standard InChI is InChI=1S/C16H28N2O3/c19-16(13-14-1-2-14)18(15-3-9-20-10-4-15)6-5-17-7-11-21-12-8-17/h14-15H,1-13H2. The highest BCUT2D eigenvalue weighted by molar-refractivity contribution is 5.77. The maximum atomic E-state index is 12.6. The molecule has 120 valence electrons. The van der Waals surface area contributed by atoms with Crippen molar-refractivity contribution < 1.29 is 14.3 Å². The first-order chi connectivity index (χ1) is 10.3. The number of rotatable bonds is 6. The van der Waals surface area contributed by atoms with Crippen molar-refractivity contribution in [3.8, 4) is 0 Å². The average molecular weight is 296 g/mol. The second-order valence-corrected chi connectivity index (χ2v) is 6.53. The summed E-state index contributed by atoms with van der Waals surface area (Å²) in [5.74, 6) is 1.04. The van der Waals surface area contributed by atoms with Crippen LogP contribution in [0.5, 0.6) is 0 Å². The number of nitrogens with zero attached hydrogens (tertiary/aromatic N) is 2. The molecule has 3 aliphatic rings. The summed E-state index contributed by atoms with van der Waals surface area (Å²) < 4.78 is 10.8. The van der Waals surface area contributed by atoms with Gasteiger partial charge in [0.15, 0.2) is 0 Å². The molecule has 0 radical (unpaired) electrons. The van der Waals surface area contributed by atoms with E-state index in [1.54, 1.807) is 0 Å². The minimum Gasteiger partial charge on any atom is -0.381 e. The topological polar surface area (TPSA) is 42.0 Å². The molecule has 3 fully saturated rings. The van der Waals surface area contributed by atoms with E-state index in [0.29, 0.717) is 17.9 Å². The summed E-state index contributed by atoms with van der Waals surface area (Å²) in [5, 5.41) is 0. The van der Waals surface area contributed by atoms with E-state index in [9.17, 15) is 4.79 Å². The zero-order valence-corrected chi connectivity index (χ0v) is 13.0. The van der Waals surface area contributed by atoms with Crippen molar-refractivity contribution >= 4 is 5.91 Å². The lowest BCUT2D eigenvalue weighted by atomic mass is 10.1. The molecule has 0 aromatic heterocycles. The van der Waals surface area contributed by atoms with Crippen LogP contribution in [0.1, 0.15) is 32.1 Å². The predicted octanol–water partition coefficient (Wildman–Crippen LogP) is 1.13. The second kappa shape index (κ2) is 7.56. The molecular formula is C16H28N2O3. The van der Waals surface area contributed by atoms with E-state index in [-0.39, 0.29) is 0 Å². The van der Waals surface area contributed by atoms with Gasteiger partial charge in [-0.15, -0.1) is 0 Å². The Morgan fingerprint density at radius 1 is 1.00 bits per heavy atom. The zero-order valence-electron chi connectivity index (χ0n) is 13.0. The van der Waals surface area contributed by atoms with Gasteiger partial charge in [-0.3, -0.25) is 9.69 Å². The Morgan fingerprint density at radius 3 is 2.33 bits per heavy atom. The van der Waals surface area contributed by atoms with E-state index in [2.05, 4.69) is 9.80 Å². The second-order valence-electron chi connectivity index (χ2n) is 6.53. The average Bonchev–Trinajstić information content (AvgIpc) is 3.33. The van der Waals surface area contributed by atoms with E-state index >= 15 is 0 Å². The molecule has 2 saturated heterocycles. The summed E-state index contributed by atoms with van der Waals surface area (Å²) in [5.41, 5.74) is 0. The van der Waals surface area contributed by atoms with Crippen molar-refractivity contribution in [3.05, 3.63) is 0 Å². The van der Waals surface area contributed by atoms with E-state index in [1.807, 2.05) is 0 Å². The van der Waals surface area contributed by atoms with Crippen LogP contribution in [0.15, 0.2) is 0 Å². The minimum atomic E-state index is 0.373. The fraction of sp³-hybridized carbons (Fsp3) is 0.938. The molecule has 0 aromatic carbocycles. The maximum Gasteiger partial charge on any atom is 0.223 e. The van der Waals surface area contributed by atoms with Gasteiger partial charge in [-0.2, -0.15) is 0 Å². The number of carbonyl (C=O) groups excluding carboxylic acids is 1. The Hall–Kier alpha value is -0.650. The quantitative estimate of drug-likeness (QED) is 0.737. The van der Waals surface area contributed by atoms with Crippen LogP contribution in [0.3, 0.4) is 0 Å². The third-order valence-corrected chi connectivity index (χ3v) is 4.87. The summed E-state index contributed by atoms with van der Waals surface area (Å²) in [6.45, 7) is 7.11. The van der Waals surface area contributed by atoms with Crippen LogP contribution in [-0.4, -0.2) is 74.4 Å². The van der Waals surface area contributed by atoms with Gasteiger partial charge in [0.05, 0.1) is 13.2 Å². The highest BCUT2D eigenvalue weighted by Crippen LogP contribution is 2.33. The number of morpholine rings is 1. The molecule has 0 aromatic rings. The van der Waals surface area contributed by atoms with Crippen molar-refractivity contribution in [2.45, 2.75) is 38.1 Å². The maximum absolute atomic E-state index is 12.6. The molecule has 5 heteroatoms. The largest absolute Gasteiger partial charge is 0.381 e. The summed E-state index contributed by atoms with van der Waals surface area (Å²) in [4.78, 5) is 17.2. The molecule has 5 nitrogen and oxygen atoms in total. The first-order valence-corrected chi connectivity index (χ1v) is 8.50. The first kappa shape index (κ1) is 15.3. The smallest absolute Gasteiger partial charge is 0.223 e. The highest BCUT2D eigenvalue weighted by atomic mass is 16.5. The van der Waals surface area contributed by atoms with E-state index in [4.69, 9.17) is 9.47 Å². The fourth-order valence-electron chi connectivity index (χ4n) is 3.27. The first-order valence-electron chi connectivity index (χ1n) is 8.50. The lowest BCUT2D eigenvalue weighted by Gasteiger charge is -2.36. The number of hydrogen-bond acceptors (Lipinski definition) is 4. The van der Waals surface area contributed by atoms with Crippen molar-refractivity contribution in [1.82, 2.24) is 9.80 Å². The van der Waals surface area contributed by atoms with Crippen LogP contribution >= 0.6 is 0 Å². The molecule has 21 heavy (non-hydrogen) atoms. The summed E-state index contributed by atoms with van der Waals surface area (Å²) in [6.07, 6.45) is 5.26. The Morgan fingerprint density at radius 2 is 1.67 bits per heavy atom. The van der Waals surface area contributed by atoms with Crippen molar-refractivity contribution in [2.75, 3.05) is 52.6 Å². The van der Waals surface area contributed by atoms with Gasteiger partial charge in [0.25, 0.3) is 0 Å². The molecule has 2 aliphatic heterocycles. The Bertz CT molecular complexity index is 334. The molecule has 0 bridgehead atoms. The zero-order chi connectivity index (χ0) is 14.5. The predicted molar refractivity (Wildman–Crippen MR) is 80.2 cm³/mol. The number of carbonyl (C=O) groups is 1. The summed E-state index contributed by atoms with van der Waals surface area (Å²) in [7, 11) is 0. The molecule has 0 N–H and O–H groups in total. The molecule has 3 rings (SSSR count). The Balaban J connectivity index is 1.52. The van der Waals surface area contributed by atoms with Crippen LogP contribution in [0.2, 0.25) is 0 Å². The van der Waals surface area contributed by atoms with Gasteiger partial charge in [-0.05, 0) is 31.6 Å². The van der Waals surface area contributed by atoms with Crippen LogP contribution < -0.4 is 0 Å². The third-order valence-electron chi connectivity index (χ3n) is 4.87. The van der Waals surface area contributed by atoms with Gasteiger partial charge >= 0.3 is 0 Å². The number of amides is 1. The fourth-order valence-corrected chi connectivity index (χ4v) is 3.27. The molecule has 0 spiro atoms. The molecule has 0 atom stereocenters. The third kappa shape index (κ3) is 4.66. The van der Waals surface area contributed by atoms with Gasteiger partial charge in [0.2, 0.25) is 5.91 Å². The van der Waals surface area contributed by atoms with E-state index in [1.165, 1.54) is 12.8 Å². The van der Waals surface area contributed by atoms with Crippen LogP contribution in [0, 0.1) is 5.92 Å².